The maximum Gasteiger partial charge on any atom is 0.321 e. The summed E-state index contributed by atoms with van der Waals surface area (Å²) in [6.07, 6.45) is 0. The van der Waals surface area contributed by atoms with Crippen molar-refractivity contribution in [2.75, 3.05) is 26.5 Å². The number of nitriles is 1. The van der Waals surface area contributed by atoms with Gasteiger partial charge in [0.15, 0.2) is 0 Å². The van der Waals surface area contributed by atoms with Gasteiger partial charge in [-0.05, 0) is 12.1 Å². The molecule has 0 saturated heterocycles. The molecule has 5 nitrogen and oxygen atoms in total. The first-order valence-corrected chi connectivity index (χ1v) is 4.65. The van der Waals surface area contributed by atoms with Gasteiger partial charge < -0.3 is 15.0 Å². The van der Waals surface area contributed by atoms with Crippen LogP contribution in [0.15, 0.2) is 18.2 Å². The van der Waals surface area contributed by atoms with Gasteiger partial charge in [0.25, 0.3) is 0 Å². The highest BCUT2D eigenvalue weighted by Crippen LogP contribution is 2.27. The standard InChI is InChI=1S/C11H13N3O2/c1-14(2)11(15)13-10-8(7-12)5-4-6-9(10)16-3/h4-6H,1-3H3,(H,13,15). The molecule has 0 aliphatic heterocycles. The molecule has 1 aromatic rings. The van der Waals surface area contributed by atoms with E-state index in [1.165, 1.54) is 12.0 Å². The molecule has 0 atom stereocenters. The molecule has 84 valence electrons. The van der Waals surface area contributed by atoms with E-state index < -0.39 is 0 Å². The molecule has 1 rings (SSSR count). The largest absolute Gasteiger partial charge is 0.495 e. The quantitative estimate of drug-likeness (QED) is 0.822. The molecule has 2 amide bonds. The number of ether oxygens (including phenoxy) is 1. The van der Waals surface area contributed by atoms with Crippen LogP contribution in [-0.4, -0.2) is 32.1 Å². The molecule has 0 aliphatic carbocycles. The van der Waals surface area contributed by atoms with Crippen LogP contribution in [0, 0.1) is 11.3 Å². The zero-order chi connectivity index (χ0) is 12.1. The van der Waals surface area contributed by atoms with Gasteiger partial charge in [0.1, 0.15) is 17.5 Å². The second kappa shape index (κ2) is 5.03. The third kappa shape index (κ3) is 2.42. The van der Waals surface area contributed by atoms with Crippen molar-refractivity contribution in [3.63, 3.8) is 0 Å². The molecule has 1 aromatic carbocycles. The second-order valence-electron chi connectivity index (χ2n) is 3.32. The Bertz CT molecular complexity index is 435. The fourth-order valence-electron chi connectivity index (χ4n) is 1.14. The van der Waals surface area contributed by atoms with E-state index in [9.17, 15) is 4.79 Å². The number of carbonyl (C=O) groups is 1. The maximum atomic E-state index is 11.5. The number of anilines is 1. The first-order chi connectivity index (χ1) is 7.60. The highest BCUT2D eigenvalue weighted by Gasteiger charge is 2.12. The Labute approximate surface area is 94.2 Å². The van der Waals surface area contributed by atoms with E-state index in [1.54, 1.807) is 32.3 Å². The van der Waals surface area contributed by atoms with Gasteiger partial charge in [0.05, 0.1) is 12.7 Å². The Balaban J connectivity index is 3.10. The van der Waals surface area contributed by atoms with Crippen LogP contribution >= 0.6 is 0 Å². The van der Waals surface area contributed by atoms with Gasteiger partial charge in [-0.25, -0.2) is 4.79 Å². The summed E-state index contributed by atoms with van der Waals surface area (Å²) in [4.78, 5) is 12.9. The molecular formula is C11H13N3O2. The number of hydrogen-bond acceptors (Lipinski definition) is 3. The highest BCUT2D eigenvalue weighted by molar-refractivity contribution is 5.92. The SMILES string of the molecule is COc1cccc(C#N)c1NC(=O)N(C)C. The number of urea groups is 1. The first kappa shape index (κ1) is 11.9. The molecule has 0 bridgehead atoms. The van der Waals surface area contributed by atoms with Crippen molar-refractivity contribution in [1.29, 1.82) is 5.26 Å². The van der Waals surface area contributed by atoms with Crippen LogP contribution < -0.4 is 10.1 Å². The molecule has 0 unspecified atom stereocenters. The minimum Gasteiger partial charge on any atom is -0.495 e. The predicted octanol–water partition coefficient (Wildman–Crippen LogP) is 1.66. The van der Waals surface area contributed by atoms with E-state index in [4.69, 9.17) is 10.00 Å². The lowest BCUT2D eigenvalue weighted by molar-refractivity contribution is 0.230. The van der Waals surface area contributed by atoms with Crippen LogP contribution in [0.5, 0.6) is 5.75 Å². The summed E-state index contributed by atoms with van der Waals surface area (Å²) in [6, 6.07) is 6.70. The smallest absolute Gasteiger partial charge is 0.321 e. The Morgan fingerprint density at radius 2 is 2.19 bits per heavy atom. The third-order valence-corrected chi connectivity index (χ3v) is 2.00. The van der Waals surface area contributed by atoms with Crippen LogP contribution in [-0.2, 0) is 0 Å². The van der Waals surface area contributed by atoms with Crippen molar-refractivity contribution in [3.8, 4) is 11.8 Å². The maximum absolute atomic E-state index is 11.5. The van der Waals surface area contributed by atoms with E-state index in [0.29, 0.717) is 17.0 Å². The molecule has 0 aliphatic rings. The van der Waals surface area contributed by atoms with E-state index >= 15 is 0 Å². The molecule has 0 radical (unpaired) electrons. The minimum absolute atomic E-state index is 0.305. The third-order valence-electron chi connectivity index (χ3n) is 2.00. The van der Waals surface area contributed by atoms with E-state index in [1.807, 2.05) is 6.07 Å². The second-order valence-corrected chi connectivity index (χ2v) is 3.32. The molecule has 0 saturated carbocycles. The fraction of sp³-hybridized carbons (Fsp3) is 0.273. The first-order valence-electron chi connectivity index (χ1n) is 4.65. The minimum atomic E-state index is -0.305. The van der Waals surface area contributed by atoms with Crippen LogP contribution in [0.1, 0.15) is 5.56 Å². The average molecular weight is 219 g/mol. The summed E-state index contributed by atoms with van der Waals surface area (Å²) in [5.74, 6) is 0.467. The van der Waals surface area contributed by atoms with E-state index in [0.717, 1.165) is 0 Å². The van der Waals surface area contributed by atoms with Crippen LogP contribution in [0.2, 0.25) is 0 Å². The molecule has 16 heavy (non-hydrogen) atoms. The van der Waals surface area contributed by atoms with E-state index in [-0.39, 0.29) is 6.03 Å². The topological polar surface area (TPSA) is 65.4 Å². The van der Waals surface area contributed by atoms with Gasteiger partial charge >= 0.3 is 6.03 Å². The van der Waals surface area contributed by atoms with Gasteiger partial charge in [-0.2, -0.15) is 5.26 Å². The molecule has 5 heteroatoms. The molecule has 0 spiro atoms. The number of nitrogens with one attached hydrogen (secondary N) is 1. The Morgan fingerprint density at radius 3 is 2.69 bits per heavy atom. The van der Waals surface area contributed by atoms with Crippen LogP contribution in [0.4, 0.5) is 10.5 Å². The fourth-order valence-corrected chi connectivity index (χ4v) is 1.14. The number of para-hydroxylation sites is 1. The summed E-state index contributed by atoms with van der Waals surface area (Å²) in [5, 5.41) is 11.5. The Hall–Kier alpha value is -2.22. The lowest BCUT2D eigenvalue weighted by atomic mass is 10.2. The number of hydrogen-bond donors (Lipinski definition) is 1. The summed E-state index contributed by atoms with van der Waals surface area (Å²) in [7, 11) is 4.73. The van der Waals surface area contributed by atoms with Crippen molar-refractivity contribution < 1.29 is 9.53 Å². The van der Waals surface area contributed by atoms with E-state index in [2.05, 4.69) is 5.32 Å². The van der Waals surface area contributed by atoms with Gasteiger partial charge in [0, 0.05) is 14.1 Å². The average Bonchev–Trinajstić information content (AvgIpc) is 2.29. The zero-order valence-corrected chi connectivity index (χ0v) is 9.44. The van der Waals surface area contributed by atoms with Crippen molar-refractivity contribution in [3.05, 3.63) is 23.8 Å². The monoisotopic (exact) mass is 219 g/mol. The molecular weight excluding hydrogens is 206 g/mol. The predicted molar refractivity (Wildman–Crippen MR) is 60.4 cm³/mol. The molecule has 0 heterocycles. The normalized spacial score (nSPS) is 9.12. The summed E-state index contributed by atoms with van der Waals surface area (Å²) in [6.45, 7) is 0. The number of carbonyl (C=O) groups excluding carboxylic acids is 1. The number of amides is 2. The van der Waals surface area contributed by atoms with Crippen molar-refractivity contribution >= 4 is 11.7 Å². The summed E-state index contributed by atoms with van der Waals surface area (Å²) < 4.78 is 5.08. The van der Waals surface area contributed by atoms with Crippen molar-refractivity contribution in [1.82, 2.24) is 4.90 Å². The van der Waals surface area contributed by atoms with Gasteiger partial charge in [-0.3, -0.25) is 0 Å². The zero-order valence-electron chi connectivity index (χ0n) is 9.44. The van der Waals surface area contributed by atoms with Crippen LogP contribution in [0.25, 0.3) is 0 Å². The highest BCUT2D eigenvalue weighted by atomic mass is 16.5. The number of methoxy groups -OCH3 is 1. The molecule has 1 N–H and O–H groups in total. The molecule has 0 fully saturated rings. The number of benzene rings is 1. The van der Waals surface area contributed by atoms with Crippen molar-refractivity contribution in [2.24, 2.45) is 0 Å². The van der Waals surface area contributed by atoms with Gasteiger partial charge in [-0.1, -0.05) is 6.07 Å². The Morgan fingerprint density at radius 1 is 1.50 bits per heavy atom. The van der Waals surface area contributed by atoms with Gasteiger partial charge in [-0.15, -0.1) is 0 Å². The van der Waals surface area contributed by atoms with Crippen molar-refractivity contribution in [2.45, 2.75) is 0 Å². The molecule has 0 aromatic heterocycles. The number of rotatable bonds is 2. The van der Waals surface area contributed by atoms with Crippen LogP contribution in [0.3, 0.4) is 0 Å². The van der Waals surface area contributed by atoms with Gasteiger partial charge in [0.2, 0.25) is 0 Å². The Kier molecular flexibility index (Phi) is 3.72. The summed E-state index contributed by atoms with van der Waals surface area (Å²) >= 11 is 0. The number of nitrogens with zero attached hydrogens (tertiary/aromatic N) is 2. The summed E-state index contributed by atoms with van der Waals surface area (Å²) in [5.41, 5.74) is 0.765. The lowest BCUT2D eigenvalue weighted by Gasteiger charge is -2.15. The lowest BCUT2D eigenvalue weighted by Crippen LogP contribution is -2.27.